The van der Waals surface area contributed by atoms with E-state index in [1.165, 1.54) is 12.1 Å². The number of pyridine rings is 1. The third kappa shape index (κ3) is 3.68. The topological polar surface area (TPSA) is 12.9 Å². The molecule has 106 valence electrons. The third-order valence-electron chi connectivity index (χ3n) is 3.27. The predicted octanol–water partition coefficient (Wildman–Crippen LogP) is 5.25. The van der Waals surface area contributed by atoms with Crippen LogP contribution >= 0.6 is 47.8 Å². The molecule has 0 aliphatic heterocycles. The van der Waals surface area contributed by atoms with Crippen LogP contribution < -0.4 is 0 Å². The highest BCUT2D eigenvalue weighted by atomic mass is 79.9. The molecule has 1 nitrogen and oxygen atoms in total. The maximum absolute atomic E-state index is 13.1. The van der Waals surface area contributed by atoms with Crippen molar-refractivity contribution in [3.05, 3.63) is 64.1 Å². The van der Waals surface area contributed by atoms with E-state index in [2.05, 4.69) is 58.8 Å². The Morgan fingerprint density at radius 3 is 2.25 bits per heavy atom. The fourth-order valence-corrected chi connectivity index (χ4v) is 4.52. The Morgan fingerprint density at radius 1 is 1.05 bits per heavy atom. The van der Waals surface area contributed by atoms with Crippen molar-refractivity contribution in [2.75, 3.05) is 10.7 Å². The Hall–Kier alpha value is -0.260. The summed E-state index contributed by atoms with van der Waals surface area (Å²) in [6, 6.07) is 8.78. The number of nitrogens with zero attached hydrogens (tertiary/aromatic N) is 1. The number of hydrogen-bond acceptors (Lipinski definition) is 1. The van der Waals surface area contributed by atoms with Crippen molar-refractivity contribution in [3.63, 3.8) is 0 Å². The van der Waals surface area contributed by atoms with Crippen LogP contribution in [0.15, 0.2) is 47.2 Å². The first-order valence-corrected chi connectivity index (χ1v) is 9.11. The van der Waals surface area contributed by atoms with Crippen molar-refractivity contribution in [3.8, 4) is 0 Å². The molecule has 5 heteroatoms. The van der Waals surface area contributed by atoms with Crippen LogP contribution in [0.3, 0.4) is 0 Å². The number of benzene rings is 1. The van der Waals surface area contributed by atoms with Crippen LogP contribution in [0.1, 0.15) is 11.1 Å². The zero-order valence-electron chi connectivity index (χ0n) is 10.6. The highest BCUT2D eigenvalue weighted by Crippen LogP contribution is 2.33. The van der Waals surface area contributed by atoms with E-state index in [0.717, 1.165) is 32.7 Å². The molecule has 0 fully saturated rings. The monoisotopic (exact) mass is 463 g/mol. The molecule has 0 bridgehead atoms. The number of alkyl halides is 2. The molecule has 0 aliphatic carbocycles. The summed E-state index contributed by atoms with van der Waals surface area (Å²) in [5, 5.41) is 1.56. The minimum atomic E-state index is -0.212. The van der Waals surface area contributed by atoms with Gasteiger partial charge in [-0.05, 0) is 51.7 Å². The van der Waals surface area contributed by atoms with Gasteiger partial charge in [-0.15, -0.1) is 0 Å². The van der Waals surface area contributed by atoms with E-state index >= 15 is 0 Å². The van der Waals surface area contributed by atoms with Gasteiger partial charge in [-0.25, -0.2) is 4.39 Å². The molecule has 0 radical (unpaired) electrons. The van der Waals surface area contributed by atoms with Gasteiger partial charge in [0.2, 0.25) is 0 Å². The Kier molecular flexibility index (Phi) is 5.75. The SMILES string of the molecule is Fc1ccc(C(CBr)(CBr)Cc2cncc(Br)c2)cc1. The van der Waals surface area contributed by atoms with Crippen molar-refractivity contribution in [1.82, 2.24) is 4.98 Å². The Morgan fingerprint density at radius 2 is 1.70 bits per heavy atom. The van der Waals surface area contributed by atoms with Gasteiger partial charge in [0.1, 0.15) is 5.82 Å². The van der Waals surface area contributed by atoms with E-state index in [1.54, 1.807) is 6.20 Å². The van der Waals surface area contributed by atoms with Crippen molar-refractivity contribution in [2.24, 2.45) is 0 Å². The van der Waals surface area contributed by atoms with E-state index in [1.807, 2.05) is 18.3 Å². The van der Waals surface area contributed by atoms with Gasteiger partial charge in [-0.2, -0.15) is 0 Å². The Bertz CT molecular complexity index is 568. The summed E-state index contributed by atoms with van der Waals surface area (Å²) < 4.78 is 14.1. The molecule has 0 atom stereocenters. The first-order valence-electron chi connectivity index (χ1n) is 6.07. The second-order valence-corrected chi connectivity index (χ2v) is 6.78. The fourth-order valence-electron chi connectivity index (χ4n) is 2.13. The van der Waals surface area contributed by atoms with E-state index in [9.17, 15) is 4.39 Å². The highest BCUT2D eigenvalue weighted by Gasteiger charge is 2.30. The molecular formula is C15H13Br3FN. The summed E-state index contributed by atoms with van der Waals surface area (Å²) in [6.45, 7) is 0. The predicted molar refractivity (Wildman–Crippen MR) is 91.3 cm³/mol. The lowest BCUT2D eigenvalue weighted by Gasteiger charge is -2.31. The highest BCUT2D eigenvalue weighted by molar-refractivity contribution is 9.10. The second kappa shape index (κ2) is 7.14. The second-order valence-electron chi connectivity index (χ2n) is 4.74. The molecule has 2 rings (SSSR count). The van der Waals surface area contributed by atoms with Crippen LogP contribution in [-0.4, -0.2) is 15.6 Å². The van der Waals surface area contributed by atoms with Crippen molar-refractivity contribution in [1.29, 1.82) is 0 Å². The van der Waals surface area contributed by atoms with E-state index < -0.39 is 0 Å². The zero-order valence-corrected chi connectivity index (χ0v) is 15.4. The van der Waals surface area contributed by atoms with Crippen molar-refractivity contribution < 1.29 is 4.39 Å². The van der Waals surface area contributed by atoms with E-state index in [0.29, 0.717) is 0 Å². The molecule has 0 saturated carbocycles. The number of halogens is 4. The molecule has 1 aromatic heterocycles. The summed E-state index contributed by atoms with van der Waals surface area (Å²) in [7, 11) is 0. The zero-order chi connectivity index (χ0) is 14.6. The van der Waals surface area contributed by atoms with Gasteiger partial charge >= 0.3 is 0 Å². The molecule has 1 aromatic carbocycles. The summed E-state index contributed by atoms with van der Waals surface area (Å²) in [6.07, 6.45) is 4.46. The maximum Gasteiger partial charge on any atom is 0.123 e. The van der Waals surface area contributed by atoms with Gasteiger partial charge in [0, 0.05) is 32.9 Å². The standard InChI is InChI=1S/C15H13Br3FN/c16-9-15(10-17,12-1-3-14(19)4-2-12)6-11-5-13(18)8-20-7-11/h1-5,7-8H,6,9-10H2. The average Bonchev–Trinajstić information content (AvgIpc) is 2.46. The molecule has 20 heavy (non-hydrogen) atoms. The summed E-state index contributed by atoms with van der Waals surface area (Å²) in [5.74, 6) is -0.212. The summed E-state index contributed by atoms with van der Waals surface area (Å²) in [5.41, 5.74) is 2.12. The molecule has 0 spiro atoms. The van der Waals surface area contributed by atoms with Crippen LogP contribution in [0.2, 0.25) is 0 Å². The summed E-state index contributed by atoms with van der Waals surface area (Å²) in [4.78, 5) is 4.21. The number of aromatic nitrogens is 1. The van der Waals surface area contributed by atoms with Gasteiger partial charge < -0.3 is 0 Å². The van der Waals surface area contributed by atoms with E-state index in [-0.39, 0.29) is 11.2 Å². The first kappa shape index (κ1) is 16.1. The number of rotatable bonds is 5. The normalized spacial score (nSPS) is 11.6. The molecule has 0 aliphatic rings. The first-order chi connectivity index (χ1) is 9.59. The molecule has 0 saturated heterocycles. The van der Waals surface area contributed by atoms with Crippen LogP contribution in [-0.2, 0) is 11.8 Å². The Labute approximate surface area is 143 Å². The van der Waals surface area contributed by atoms with Gasteiger partial charge in [0.05, 0.1) is 0 Å². The van der Waals surface area contributed by atoms with Crippen LogP contribution in [0, 0.1) is 5.82 Å². The van der Waals surface area contributed by atoms with Crippen LogP contribution in [0.4, 0.5) is 4.39 Å². The molecule has 2 aromatic rings. The van der Waals surface area contributed by atoms with Gasteiger partial charge in [-0.3, -0.25) is 4.98 Å². The lowest BCUT2D eigenvalue weighted by atomic mass is 9.79. The van der Waals surface area contributed by atoms with Crippen molar-refractivity contribution >= 4 is 47.8 Å². The fraction of sp³-hybridized carbons (Fsp3) is 0.267. The molecule has 0 amide bonds. The van der Waals surface area contributed by atoms with E-state index in [4.69, 9.17) is 0 Å². The summed E-state index contributed by atoms with van der Waals surface area (Å²) >= 11 is 10.7. The average molecular weight is 466 g/mol. The van der Waals surface area contributed by atoms with Gasteiger partial charge in [0.15, 0.2) is 0 Å². The Balaban J connectivity index is 2.36. The minimum Gasteiger partial charge on any atom is -0.263 e. The largest absolute Gasteiger partial charge is 0.263 e. The van der Waals surface area contributed by atoms with Gasteiger partial charge in [0.25, 0.3) is 0 Å². The minimum absolute atomic E-state index is 0.129. The molecule has 0 N–H and O–H groups in total. The molecule has 0 unspecified atom stereocenters. The van der Waals surface area contributed by atoms with Crippen LogP contribution in [0.25, 0.3) is 0 Å². The van der Waals surface area contributed by atoms with Crippen molar-refractivity contribution in [2.45, 2.75) is 11.8 Å². The lowest BCUT2D eigenvalue weighted by Crippen LogP contribution is -2.33. The lowest BCUT2D eigenvalue weighted by molar-refractivity contribution is 0.546. The van der Waals surface area contributed by atoms with Crippen LogP contribution in [0.5, 0.6) is 0 Å². The van der Waals surface area contributed by atoms with Gasteiger partial charge in [-0.1, -0.05) is 44.0 Å². The number of hydrogen-bond donors (Lipinski definition) is 0. The third-order valence-corrected chi connectivity index (χ3v) is 5.85. The smallest absolute Gasteiger partial charge is 0.123 e. The molecular weight excluding hydrogens is 453 g/mol. The molecule has 1 heterocycles. The maximum atomic E-state index is 13.1. The quantitative estimate of drug-likeness (QED) is 0.549.